The molecule has 1 amide bonds. The SMILES string of the molecule is CC(N)n1nnnc1C(=O)[C@@H]1CCC(=O)N1. The average molecular weight is 224 g/mol. The number of tetrazole rings is 1. The monoisotopic (exact) mass is 224 g/mol. The van der Waals surface area contributed by atoms with Crippen LogP contribution in [-0.2, 0) is 4.79 Å². The molecule has 3 N–H and O–H groups in total. The molecule has 0 radical (unpaired) electrons. The zero-order chi connectivity index (χ0) is 11.7. The minimum Gasteiger partial charge on any atom is -0.346 e. The molecule has 1 aromatic heterocycles. The number of hydrogen-bond acceptors (Lipinski definition) is 6. The van der Waals surface area contributed by atoms with Crippen LogP contribution in [0.15, 0.2) is 0 Å². The van der Waals surface area contributed by atoms with E-state index in [4.69, 9.17) is 5.73 Å². The summed E-state index contributed by atoms with van der Waals surface area (Å²) in [4.78, 5) is 22.9. The molecule has 86 valence electrons. The Balaban J connectivity index is 2.20. The Morgan fingerprint density at radius 2 is 2.44 bits per heavy atom. The van der Waals surface area contributed by atoms with E-state index in [0.717, 1.165) is 0 Å². The summed E-state index contributed by atoms with van der Waals surface area (Å²) in [6.45, 7) is 1.67. The smallest absolute Gasteiger partial charge is 0.223 e. The Kier molecular flexibility index (Phi) is 2.65. The van der Waals surface area contributed by atoms with Crippen LogP contribution in [0, 0.1) is 0 Å². The second kappa shape index (κ2) is 3.97. The second-order valence-corrected chi connectivity index (χ2v) is 3.71. The first-order valence-electron chi connectivity index (χ1n) is 4.96. The highest BCUT2D eigenvalue weighted by Crippen LogP contribution is 2.12. The van der Waals surface area contributed by atoms with Crippen LogP contribution in [0.1, 0.15) is 36.6 Å². The topological polar surface area (TPSA) is 116 Å². The van der Waals surface area contributed by atoms with Crippen molar-refractivity contribution in [1.82, 2.24) is 25.5 Å². The van der Waals surface area contributed by atoms with Gasteiger partial charge in [-0.05, 0) is 23.8 Å². The number of nitrogens with one attached hydrogen (secondary N) is 1. The summed E-state index contributed by atoms with van der Waals surface area (Å²) < 4.78 is 1.24. The van der Waals surface area contributed by atoms with Crippen LogP contribution >= 0.6 is 0 Å². The molecule has 0 aliphatic carbocycles. The minimum absolute atomic E-state index is 0.0854. The Morgan fingerprint density at radius 1 is 1.69 bits per heavy atom. The van der Waals surface area contributed by atoms with E-state index < -0.39 is 12.2 Å². The molecular weight excluding hydrogens is 212 g/mol. The molecule has 0 aromatic carbocycles. The molecule has 2 atom stereocenters. The van der Waals surface area contributed by atoms with Crippen LogP contribution in [0.5, 0.6) is 0 Å². The summed E-state index contributed by atoms with van der Waals surface area (Å²) in [5.41, 5.74) is 5.60. The number of hydrogen-bond donors (Lipinski definition) is 2. The molecule has 0 saturated carbocycles. The van der Waals surface area contributed by atoms with Crippen LogP contribution < -0.4 is 11.1 Å². The van der Waals surface area contributed by atoms with E-state index in [1.807, 2.05) is 0 Å². The minimum atomic E-state index is -0.531. The lowest BCUT2D eigenvalue weighted by Crippen LogP contribution is -2.35. The van der Waals surface area contributed by atoms with Gasteiger partial charge in [-0.1, -0.05) is 0 Å². The van der Waals surface area contributed by atoms with E-state index >= 15 is 0 Å². The van der Waals surface area contributed by atoms with Crippen molar-refractivity contribution in [2.24, 2.45) is 5.73 Å². The summed E-state index contributed by atoms with van der Waals surface area (Å²) >= 11 is 0. The normalized spacial score (nSPS) is 21.9. The van der Waals surface area contributed by atoms with Gasteiger partial charge in [-0.15, -0.1) is 5.10 Å². The number of amides is 1. The van der Waals surface area contributed by atoms with Crippen LogP contribution in [-0.4, -0.2) is 37.9 Å². The van der Waals surface area contributed by atoms with Gasteiger partial charge < -0.3 is 11.1 Å². The first-order valence-corrected chi connectivity index (χ1v) is 4.96. The fourth-order valence-electron chi connectivity index (χ4n) is 1.60. The van der Waals surface area contributed by atoms with E-state index in [1.54, 1.807) is 6.92 Å². The lowest BCUT2D eigenvalue weighted by atomic mass is 10.1. The molecule has 1 aliphatic rings. The number of rotatable bonds is 3. The second-order valence-electron chi connectivity index (χ2n) is 3.71. The fraction of sp³-hybridized carbons (Fsp3) is 0.625. The summed E-state index contributed by atoms with van der Waals surface area (Å²) in [6.07, 6.45) is 0.352. The maximum atomic E-state index is 11.9. The molecule has 2 rings (SSSR count). The first kappa shape index (κ1) is 10.7. The highest BCUT2D eigenvalue weighted by atomic mass is 16.2. The standard InChI is InChI=1S/C8H12N6O2/c1-4(9)14-8(11-12-13-14)7(16)5-2-3-6(15)10-5/h4-5H,2-3,9H2,1H3,(H,10,15)/t4?,5-/m0/s1. The fourth-order valence-corrected chi connectivity index (χ4v) is 1.60. The van der Waals surface area contributed by atoms with Crippen LogP contribution in [0.25, 0.3) is 0 Å². The van der Waals surface area contributed by atoms with Gasteiger partial charge in [-0.25, -0.2) is 4.68 Å². The van der Waals surface area contributed by atoms with Gasteiger partial charge in [0.15, 0.2) is 0 Å². The van der Waals surface area contributed by atoms with Crippen molar-refractivity contribution in [2.75, 3.05) is 0 Å². The summed E-state index contributed by atoms with van der Waals surface area (Å²) in [5.74, 6) is -0.339. The molecule has 1 unspecified atom stereocenters. The number of aromatic nitrogens is 4. The zero-order valence-corrected chi connectivity index (χ0v) is 8.75. The maximum absolute atomic E-state index is 11.9. The molecule has 8 heteroatoms. The van der Waals surface area contributed by atoms with E-state index in [2.05, 4.69) is 20.8 Å². The lowest BCUT2D eigenvalue weighted by molar-refractivity contribution is -0.119. The Morgan fingerprint density at radius 3 is 3.00 bits per heavy atom. The van der Waals surface area contributed by atoms with Gasteiger partial charge in [0.25, 0.3) is 0 Å². The van der Waals surface area contributed by atoms with E-state index in [0.29, 0.717) is 12.8 Å². The Labute approximate surface area is 91.2 Å². The maximum Gasteiger partial charge on any atom is 0.223 e. The highest BCUT2D eigenvalue weighted by Gasteiger charge is 2.31. The van der Waals surface area contributed by atoms with E-state index in [1.165, 1.54) is 4.68 Å². The zero-order valence-electron chi connectivity index (χ0n) is 8.75. The molecule has 1 fully saturated rings. The van der Waals surface area contributed by atoms with Crippen LogP contribution in [0.2, 0.25) is 0 Å². The number of nitrogens with two attached hydrogens (primary N) is 1. The highest BCUT2D eigenvalue weighted by molar-refractivity contribution is 6.00. The summed E-state index contributed by atoms with van der Waals surface area (Å²) in [5, 5.41) is 13.2. The van der Waals surface area contributed by atoms with Crippen molar-refractivity contribution in [3.05, 3.63) is 5.82 Å². The van der Waals surface area contributed by atoms with Gasteiger partial charge in [0, 0.05) is 6.42 Å². The predicted octanol–water partition coefficient (Wildman–Crippen LogP) is -1.39. The first-order chi connectivity index (χ1) is 7.59. The third-order valence-electron chi connectivity index (χ3n) is 2.41. The molecule has 1 aromatic rings. The lowest BCUT2D eigenvalue weighted by Gasteiger charge is -2.10. The Bertz CT molecular complexity index is 426. The number of Topliss-reactive ketones (excluding diaryl/α,β-unsaturated/α-hetero) is 1. The van der Waals surface area contributed by atoms with Gasteiger partial charge in [-0.2, -0.15) is 0 Å². The van der Waals surface area contributed by atoms with Crippen molar-refractivity contribution in [3.63, 3.8) is 0 Å². The van der Waals surface area contributed by atoms with Crippen molar-refractivity contribution in [1.29, 1.82) is 0 Å². The summed E-state index contributed by atoms with van der Waals surface area (Å²) in [7, 11) is 0. The van der Waals surface area contributed by atoms with E-state index in [9.17, 15) is 9.59 Å². The van der Waals surface area contributed by atoms with Crippen molar-refractivity contribution < 1.29 is 9.59 Å². The third-order valence-corrected chi connectivity index (χ3v) is 2.41. The molecule has 8 nitrogen and oxygen atoms in total. The molecule has 1 saturated heterocycles. The number of carbonyl (C=O) groups is 2. The van der Waals surface area contributed by atoms with Gasteiger partial charge in [0.05, 0.1) is 6.04 Å². The molecule has 2 heterocycles. The van der Waals surface area contributed by atoms with Gasteiger partial charge in [-0.3, -0.25) is 9.59 Å². The quantitative estimate of drug-likeness (QED) is 0.611. The molecule has 0 bridgehead atoms. The number of ketones is 1. The largest absolute Gasteiger partial charge is 0.346 e. The van der Waals surface area contributed by atoms with E-state index in [-0.39, 0.29) is 17.5 Å². The molecular formula is C8H12N6O2. The predicted molar refractivity (Wildman–Crippen MR) is 52.2 cm³/mol. The van der Waals surface area contributed by atoms with Crippen molar-refractivity contribution in [3.8, 4) is 0 Å². The van der Waals surface area contributed by atoms with Gasteiger partial charge in [0.2, 0.25) is 17.5 Å². The molecule has 1 aliphatic heterocycles. The third kappa shape index (κ3) is 1.78. The van der Waals surface area contributed by atoms with Crippen LogP contribution in [0.3, 0.4) is 0 Å². The van der Waals surface area contributed by atoms with Gasteiger partial charge in [0.1, 0.15) is 6.17 Å². The average Bonchev–Trinajstić information content (AvgIpc) is 2.84. The molecule has 16 heavy (non-hydrogen) atoms. The van der Waals surface area contributed by atoms with Crippen molar-refractivity contribution >= 4 is 11.7 Å². The van der Waals surface area contributed by atoms with Crippen LogP contribution in [0.4, 0.5) is 0 Å². The summed E-state index contributed by atoms with van der Waals surface area (Å²) in [6, 6.07) is -0.531. The molecule has 0 spiro atoms. The number of nitrogens with zero attached hydrogens (tertiary/aromatic N) is 4. The Hall–Kier alpha value is -1.83. The van der Waals surface area contributed by atoms with Gasteiger partial charge >= 0.3 is 0 Å². The van der Waals surface area contributed by atoms with Crippen molar-refractivity contribution in [2.45, 2.75) is 32.0 Å². The number of carbonyl (C=O) groups excluding carboxylic acids is 2.